The molecule has 5 aromatic carbocycles. The predicted molar refractivity (Wildman–Crippen MR) is 202 cm³/mol. The summed E-state index contributed by atoms with van der Waals surface area (Å²) in [6, 6.07) is 38.0. The van der Waals surface area contributed by atoms with E-state index in [9.17, 15) is 0 Å². The van der Waals surface area contributed by atoms with Crippen molar-refractivity contribution in [2.45, 2.75) is 37.2 Å². The summed E-state index contributed by atoms with van der Waals surface area (Å²) in [6.45, 7) is 4.48. The van der Waals surface area contributed by atoms with E-state index in [-0.39, 0.29) is 5.92 Å². The van der Waals surface area contributed by atoms with Crippen LogP contribution in [0.15, 0.2) is 146 Å². The van der Waals surface area contributed by atoms with Gasteiger partial charge in [-0.1, -0.05) is 134 Å². The first-order valence-corrected chi connectivity index (χ1v) is 17.8. The van der Waals surface area contributed by atoms with Gasteiger partial charge in [-0.25, -0.2) is 9.97 Å². The van der Waals surface area contributed by atoms with Crippen molar-refractivity contribution in [1.29, 1.82) is 0 Å². The van der Waals surface area contributed by atoms with Gasteiger partial charge in [-0.15, -0.1) is 0 Å². The maximum atomic E-state index is 7.02. The molecule has 1 spiro atoms. The van der Waals surface area contributed by atoms with E-state index in [1.807, 2.05) is 0 Å². The van der Waals surface area contributed by atoms with Crippen molar-refractivity contribution < 1.29 is 4.74 Å². The van der Waals surface area contributed by atoms with E-state index in [1.54, 1.807) is 0 Å². The molecule has 3 heteroatoms. The topological polar surface area (TPSA) is 35.0 Å². The molecule has 3 nitrogen and oxygen atoms in total. The summed E-state index contributed by atoms with van der Waals surface area (Å²) in [4.78, 5) is 10.5. The van der Waals surface area contributed by atoms with Crippen LogP contribution in [0.2, 0.25) is 0 Å². The molecule has 4 unspecified atom stereocenters. The Morgan fingerprint density at radius 1 is 0.740 bits per heavy atom. The minimum Gasteiger partial charge on any atom is -0.482 e. The van der Waals surface area contributed by atoms with Crippen LogP contribution in [0.5, 0.6) is 5.75 Å². The van der Waals surface area contributed by atoms with Crippen LogP contribution >= 0.6 is 0 Å². The summed E-state index contributed by atoms with van der Waals surface area (Å²) < 4.78 is 7.02. The number of hydrogen-bond acceptors (Lipinski definition) is 3. The standard InChI is InChI=1S/C47H34N2O/c1-28-12-11-13-29(26-28)43-35-16-5-8-20-41(35)48-45(49-43)30-21-22-32-31-14-3-6-18-37(31)47(40(32)27-30)38-19-7-4-15-33(38)42-39(47)24-23-34-36-17-9-10-25-46(36,2)50-44(34)42/h3-11,13-28,36H,12H2,1-2H3. The zero-order valence-corrected chi connectivity index (χ0v) is 28.0. The van der Waals surface area contributed by atoms with Crippen molar-refractivity contribution in [3.05, 3.63) is 179 Å². The third-order valence-corrected chi connectivity index (χ3v) is 11.8. The van der Waals surface area contributed by atoms with Gasteiger partial charge in [0.05, 0.1) is 16.6 Å². The van der Waals surface area contributed by atoms with E-state index in [0.29, 0.717) is 5.92 Å². The highest BCUT2D eigenvalue weighted by Crippen LogP contribution is 2.66. The van der Waals surface area contributed by atoms with Gasteiger partial charge in [-0.05, 0) is 82.0 Å². The van der Waals surface area contributed by atoms with Crippen LogP contribution < -0.4 is 4.74 Å². The van der Waals surface area contributed by atoms with Gasteiger partial charge in [0.1, 0.15) is 11.4 Å². The van der Waals surface area contributed by atoms with Crippen molar-refractivity contribution in [2.24, 2.45) is 5.92 Å². The smallest absolute Gasteiger partial charge is 0.160 e. The fraction of sp³-hybridized carbons (Fsp3) is 0.149. The quantitative estimate of drug-likeness (QED) is 0.188. The van der Waals surface area contributed by atoms with E-state index >= 15 is 0 Å². The molecule has 0 N–H and O–H groups in total. The highest BCUT2D eigenvalue weighted by Gasteiger charge is 2.55. The third-order valence-electron chi connectivity index (χ3n) is 11.8. The Hall–Kier alpha value is -5.80. The molecule has 238 valence electrons. The Morgan fingerprint density at radius 3 is 2.40 bits per heavy atom. The fourth-order valence-corrected chi connectivity index (χ4v) is 9.58. The van der Waals surface area contributed by atoms with Gasteiger partial charge in [0.25, 0.3) is 0 Å². The van der Waals surface area contributed by atoms with E-state index in [0.717, 1.165) is 40.2 Å². The van der Waals surface area contributed by atoms with Crippen molar-refractivity contribution in [3.8, 4) is 39.4 Å². The Morgan fingerprint density at radius 2 is 1.52 bits per heavy atom. The summed E-state index contributed by atoms with van der Waals surface area (Å²) in [5, 5.41) is 1.08. The van der Waals surface area contributed by atoms with Crippen molar-refractivity contribution >= 4 is 16.5 Å². The Labute approximate surface area is 292 Å². The highest BCUT2D eigenvalue weighted by molar-refractivity contribution is 5.99. The molecular formula is C47H34N2O. The number of benzene rings is 5. The molecular weight excluding hydrogens is 609 g/mol. The van der Waals surface area contributed by atoms with E-state index in [1.165, 1.54) is 55.6 Å². The normalized spacial score (nSPS) is 24.3. The zero-order valence-electron chi connectivity index (χ0n) is 28.0. The van der Waals surface area contributed by atoms with Crippen molar-refractivity contribution in [2.75, 3.05) is 0 Å². The Bertz CT molecular complexity index is 2610. The number of hydrogen-bond donors (Lipinski definition) is 0. The first kappa shape index (κ1) is 28.1. The molecule has 0 radical (unpaired) electrons. The van der Waals surface area contributed by atoms with Crippen LogP contribution in [0, 0.1) is 5.92 Å². The molecule has 0 fully saturated rings. The molecule has 2 heterocycles. The number of fused-ring (bicyclic) bond motifs is 15. The largest absolute Gasteiger partial charge is 0.482 e. The van der Waals surface area contributed by atoms with Crippen LogP contribution in [0.4, 0.5) is 0 Å². The van der Waals surface area contributed by atoms with Gasteiger partial charge in [-0.3, -0.25) is 0 Å². The van der Waals surface area contributed by atoms with Gasteiger partial charge in [0.15, 0.2) is 5.82 Å². The molecule has 1 aliphatic heterocycles. The molecule has 1 aromatic heterocycles. The first-order valence-electron chi connectivity index (χ1n) is 17.8. The monoisotopic (exact) mass is 642 g/mol. The van der Waals surface area contributed by atoms with Gasteiger partial charge >= 0.3 is 0 Å². The molecule has 6 aromatic rings. The highest BCUT2D eigenvalue weighted by atomic mass is 16.5. The molecule has 5 aliphatic rings. The average Bonchev–Trinajstić information content (AvgIpc) is 3.75. The number of ether oxygens (including phenoxy) is 1. The summed E-state index contributed by atoms with van der Waals surface area (Å²) in [5.41, 5.74) is 14.7. The van der Waals surface area contributed by atoms with Gasteiger partial charge in [0.2, 0.25) is 0 Å². The molecule has 50 heavy (non-hydrogen) atoms. The summed E-state index contributed by atoms with van der Waals surface area (Å²) in [7, 11) is 0. The van der Waals surface area contributed by atoms with Crippen LogP contribution in [0.25, 0.3) is 50.1 Å². The SMILES string of the molecule is CC1C=C(c2nc(-c3ccc4c(c3)C3(c5ccccc5-4)c4ccccc4-c4c3ccc3c4OC4(C)C=CC=CC34)nc3ccccc23)C=CC1. The van der Waals surface area contributed by atoms with Gasteiger partial charge in [0, 0.05) is 28.0 Å². The fourth-order valence-electron chi connectivity index (χ4n) is 9.58. The Balaban J connectivity index is 1.18. The molecule has 0 amide bonds. The van der Waals surface area contributed by atoms with E-state index in [2.05, 4.69) is 160 Å². The van der Waals surface area contributed by atoms with Crippen LogP contribution in [0.1, 0.15) is 59.7 Å². The molecule has 0 saturated heterocycles. The minimum absolute atomic E-state index is 0.183. The first-order chi connectivity index (χ1) is 24.5. The Kier molecular flexibility index (Phi) is 5.55. The zero-order chi connectivity index (χ0) is 33.2. The minimum atomic E-state index is -0.504. The third kappa shape index (κ3) is 3.54. The van der Waals surface area contributed by atoms with E-state index in [4.69, 9.17) is 14.7 Å². The number of nitrogens with zero attached hydrogens (tertiary/aromatic N) is 2. The van der Waals surface area contributed by atoms with Crippen LogP contribution in [-0.2, 0) is 5.41 Å². The lowest BCUT2D eigenvalue weighted by Crippen LogP contribution is -2.32. The average molecular weight is 643 g/mol. The van der Waals surface area contributed by atoms with Crippen LogP contribution in [-0.4, -0.2) is 15.6 Å². The number of rotatable bonds is 2. The molecule has 4 atom stereocenters. The van der Waals surface area contributed by atoms with Crippen LogP contribution in [0.3, 0.4) is 0 Å². The predicted octanol–water partition coefficient (Wildman–Crippen LogP) is 11.0. The maximum Gasteiger partial charge on any atom is 0.160 e. The lowest BCUT2D eigenvalue weighted by molar-refractivity contribution is 0.156. The second kappa shape index (κ2) is 9.89. The lowest BCUT2D eigenvalue weighted by Gasteiger charge is -2.30. The number of aromatic nitrogens is 2. The van der Waals surface area contributed by atoms with Gasteiger partial charge in [-0.2, -0.15) is 0 Å². The van der Waals surface area contributed by atoms with Gasteiger partial charge < -0.3 is 4.74 Å². The summed E-state index contributed by atoms with van der Waals surface area (Å²) in [5.74, 6) is 2.42. The summed E-state index contributed by atoms with van der Waals surface area (Å²) in [6.07, 6.45) is 16.7. The molecule has 11 rings (SSSR count). The van der Waals surface area contributed by atoms with E-state index < -0.39 is 11.0 Å². The lowest BCUT2D eigenvalue weighted by atomic mass is 9.70. The molecule has 0 saturated carbocycles. The summed E-state index contributed by atoms with van der Waals surface area (Å²) >= 11 is 0. The van der Waals surface area contributed by atoms with Crippen molar-refractivity contribution in [1.82, 2.24) is 9.97 Å². The number of allylic oxidation sites excluding steroid dienone is 6. The second-order valence-corrected chi connectivity index (χ2v) is 14.7. The maximum absolute atomic E-state index is 7.02. The molecule has 0 bridgehead atoms. The molecule has 4 aliphatic carbocycles. The second-order valence-electron chi connectivity index (χ2n) is 14.7. The van der Waals surface area contributed by atoms with Crippen molar-refractivity contribution in [3.63, 3.8) is 0 Å². The number of para-hydroxylation sites is 1.